The van der Waals surface area contributed by atoms with Crippen molar-refractivity contribution in [3.63, 3.8) is 0 Å². The Kier molecular flexibility index (Phi) is 3.73. The number of carboxylic acids is 1. The van der Waals surface area contributed by atoms with Crippen molar-refractivity contribution >= 4 is 5.97 Å². The monoisotopic (exact) mass is 240 g/mol. The number of rotatable bonds is 4. The maximum absolute atomic E-state index is 11.2. The summed E-state index contributed by atoms with van der Waals surface area (Å²) in [6.07, 6.45) is 3.44. The topological polar surface area (TPSA) is 85.5 Å². The first kappa shape index (κ1) is 12.0. The molecule has 0 aliphatic heterocycles. The Balaban J connectivity index is 2.14. The number of carbonyl (C=O) groups is 1. The molecular weight excluding hydrogens is 224 g/mol. The van der Waals surface area contributed by atoms with Crippen molar-refractivity contribution in [2.24, 2.45) is 5.92 Å². The molecule has 0 amide bonds. The number of aliphatic carboxylic acids is 1. The van der Waals surface area contributed by atoms with Crippen LogP contribution in [-0.4, -0.2) is 28.3 Å². The van der Waals surface area contributed by atoms with Crippen molar-refractivity contribution in [3.05, 3.63) is 11.7 Å². The quantitative estimate of drug-likeness (QED) is 0.859. The molecule has 1 saturated carbocycles. The molecule has 0 saturated heterocycles. The zero-order chi connectivity index (χ0) is 12.3. The van der Waals surface area contributed by atoms with E-state index in [1.165, 1.54) is 0 Å². The number of methoxy groups -OCH3 is 1. The molecule has 2 unspecified atom stereocenters. The molecule has 1 aliphatic carbocycles. The highest BCUT2D eigenvalue weighted by Gasteiger charge is 2.35. The first-order valence-electron chi connectivity index (χ1n) is 5.76. The molecule has 17 heavy (non-hydrogen) atoms. The predicted molar refractivity (Wildman–Crippen MR) is 57.3 cm³/mol. The lowest BCUT2D eigenvalue weighted by Gasteiger charge is -2.25. The van der Waals surface area contributed by atoms with Gasteiger partial charge in [-0.05, 0) is 12.8 Å². The zero-order valence-electron chi connectivity index (χ0n) is 9.76. The van der Waals surface area contributed by atoms with Gasteiger partial charge in [-0.2, -0.15) is 4.98 Å². The van der Waals surface area contributed by atoms with Crippen LogP contribution in [0.4, 0.5) is 0 Å². The number of hydrogen-bond acceptors (Lipinski definition) is 5. The lowest BCUT2D eigenvalue weighted by atomic mass is 9.79. The van der Waals surface area contributed by atoms with E-state index >= 15 is 0 Å². The highest BCUT2D eigenvalue weighted by atomic mass is 16.5. The largest absolute Gasteiger partial charge is 0.481 e. The van der Waals surface area contributed by atoms with Crippen LogP contribution in [-0.2, 0) is 16.1 Å². The molecule has 0 aromatic carbocycles. The summed E-state index contributed by atoms with van der Waals surface area (Å²) in [7, 11) is 1.55. The standard InChI is InChI=1S/C11H16N2O4/c1-16-6-9-12-10(17-13-9)7-4-2-3-5-8(7)11(14)15/h7-8H,2-6H2,1H3,(H,14,15). The number of nitrogens with zero attached hydrogens (tertiary/aromatic N) is 2. The Morgan fingerprint density at radius 3 is 3.00 bits per heavy atom. The number of carboxylic acid groups (broad SMARTS) is 1. The van der Waals surface area contributed by atoms with Crippen LogP contribution in [0, 0.1) is 5.92 Å². The fourth-order valence-corrected chi connectivity index (χ4v) is 2.33. The van der Waals surface area contributed by atoms with Crippen LogP contribution in [0.1, 0.15) is 43.3 Å². The molecule has 6 nitrogen and oxygen atoms in total. The average molecular weight is 240 g/mol. The van der Waals surface area contributed by atoms with Gasteiger partial charge in [0, 0.05) is 7.11 Å². The van der Waals surface area contributed by atoms with Crippen LogP contribution in [0.2, 0.25) is 0 Å². The summed E-state index contributed by atoms with van der Waals surface area (Å²) in [6, 6.07) is 0. The molecule has 1 aromatic heterocycles. The van der Waals surface area contributed by atoms with Gasteiger partial charge in [-0.1, -0.05) is 18.0 Å². The van der Waals surface area contributed by atoms with E-state index in [1.54, 1.807) is 7.11 Å². The van der Waals surface area contributed by atoms with E-state index in [0.29, 0.717) is 18.1 Å². The third-order valence-corrected chi connectivity index (χ3v) is 3.16. The fourth-order valence-electron chi connectivity index (χ4n) is 2.33. The summed E-state index contributed by atoms with van der Waals surface area (Å²) in [5.41, 5.74) is 0. The maximum atomic E-state index is 11.2. The van der Waals surface area contributed by atoms with Crippen molar-refractivity contribution in [2.45, 2.75) is 38.2 Å². The average Bonchev–Trinajstić information content (AvgIpc) is 2.78. The van der Waals surface area contributed by atoms with Gasteiger partial charge in [0.25, 0.3) is 0 Å². The van der Waals surface area contributed by atoms with Gasteiger partial charge in [-0.3, -0.25) is 4.79 Å². The van der Waals surface area contributed by atoms with Gasteiger partial charge in [-0.25, -0.2) is 0 Å². The van der Waals surface area contributed by atoms with E-state index in [2.05, 4.69) is 10.1 Å². The zero-order valence-corrected chi connectivity index (χ0v) is 9.76. The normalized spacial score (nSPS) is 24.8. The van der Waals surface area contributed by atoms with Gasteiger partial charge < -0.3 is 14.4 Å². The van der Waals surface area contributed by atoms with Gasteiger partial charge in [0.05, 0.1) is 11.8 Å². The van der Waals surface area contributed by atoms with E-state index in [-0.39, 0.29) is 12.5 Å². The third kappa shape index (κ3) is 2.63. The summed E-state index contributed by atoms with van der Waals surface area (Å²) < 4.78 is 10.0. The third-order valence-electron chi connectivity index (χ3n) is 3.16. The van der Waals surface area contributed by atoms with Crippen molar-refractivity contribution in [3.8, 4) is 0 Å². The molecule has 2 rings (SSSR count). The lowest BCUT2D eigenvalue weighted by molar-refractivity contribution is -0.143. The molecule has 0 radical (unpaired) electrons. The molecule has 1 aromatic rings. The molecule has 1 fully saturated rings. The highest BCUT2D eigenvalue weighted by molar-refractivity contribution is 5.71. The van der Waals surface area contributed by atoms with Crippen LogP contribution in [0.5, 0.6) is 0 Å². The van der Waals surface area contributed by atoms with E-state index in [1.807, 2.05) is 0 Å². The molecule has 1 N–H and O–H groups in total. The summed E-state index contributed by atoms with van der Waals surface area (Å²) in [6.45, 7) is 0.286. The SMILES string of the molecule is COCc1noc(C2CCCCC2C(=O)O)n1. The molecule has 94 valence electrons. The van der Waals surface area contributed by atoms with Gasteiger partial charge in [0.2, 0.25) is 5.89 Å². The lowest BCUT2D eigenvalue weighted by Crippen LogP contribution is -2.25. The van der Waals surface area contributed by atoms with E-state index < -0.39 is 11.9 Å². The second-order valence-electron chi connectivity index (χ2n) is 4.32. The number of ether oxygens (including phenoxy) is 1. The summed E-state index contributed by atoms with van der Waals surface area (Å²) in [4.78, 5) is 15.3. The highest BCUT2D eigenvalue weighted by Crippen LogP contribution is 2.37. The molecule has 1 aliphatic rings. The minimum atomic E-state index is -0.777. The predicted octanol–water partition coefficient (Wildman–Crippen LogP) is 1.57. The van der Waals surface area contributed by atoms with Gasteiger partial charge >= 0.3 is 5.97 Å². The summed E-state index contributed by atoms with van der Waals surface area (Å²) >= 11 is 0. The van der Waals surface area contributed by atoms with Crippen LogP contribution in [0.3, 0.4) is 0 Å². The number of aromatic nitrogens is 2. The first-order chi connectivity index (χ1) is 8.22. The summed E-state index contributed by atoms with van der Waals surface area (Å²) in [5, 5.41) is 12.9. The molecule has 6 heteroatoms. The van der Waals surface area contributed by atoms with Crippen molar-refractivity contribution in [1.29, 1.82) is 0 Å². The second-order valence-corrected chi connectivity index (χ2v) is 4.32. The van der Waals surface area contributed by atoms with E-state index in [9.17, 15) is 4.79 Å². The minimum absolute atomic E-state index is 0.153. The Morgan fingerprint density at radius 1 is 1.53 bits per heavy atom. The second kappa shape index (κ2) is 5.27. The fraction of sp³-hybridized carbons (Fsp3) is 0.727. The first-order valence-corrected chi connectivity index (χ1v) is 5.76. The van der Waals surface area contributed by atoms with Crippen LogP contribution in [0.25, 0.3) is 0 Å². The molecular formula is C11H16N2O4. The molecule has 2 atom stereocenters. The van der Waals surface area contributed by atoms with Crippen molar-refractivity contribution in [2.75, 3.05) is 7.11 Å². The molecule has 1 heterocycles. The van der Waals surface area contributed by atoms with E-state index in [4.69, 9.17) is 14.4 Å². The number of hydrogen-bond donors (Lipinski definition) is 1. The Bertz CT molecular complexity index is 391. The molecule has 0 bridgehead atoms. The van der Waals surface area contributed by atoms with Crippen LogP contribution >= 0.6 is 0 Å². The Hall–Kier alpha value is -1.43. The van der Waals surface area contributed by atoms with E-state index in [0.717, 1.165) is 19.3 Å². The van der Waals surface area contributed by atoms with Gasteiger partial charge in [0.1, 0.15) is 6.61 Å². The van der Waals surface area contributed by atoms with Crippen LogP contribution < -0.4 is 0 Å². The van der Waals surface area contributed by atoms with Gasteiger partial charge in [0.15, 0.2) is 5.82 Å². The summed E-state index contributed by atoms with van der Waals surface area (Å²) in [5.74, 6) is -0.429. The smallest absolute Gasteiger partial charge is 0.307 e. The Morgan fingerprint density at radius 2 is 2.29 bits per heavy atom. The van der Waals surface area contributed by atoms with Crippen molar-refractivity contribution in [1.82, 2.24) is 10.1 Å². The maximum Gasteiger partial charge on any atom is 0.307 e. The Labute approximate surface area is 99.0 Å². The van der Waals surface area contributed by atoms with Crippen LogP contribution in [0.15, 0.2) is 4.52 Å². The molecule has 0 spiro atoms. The minimum Gasteiger partial charge on any atom is -0.481 e. The van der Waals surface area contributed by atoms with Gasteiger partial charge in [-0.15, -0.1) is 0 Å². The van der Waals surface area contributed by atoms with Crippen molar-refractivity contribution < 1.29 is 19.2 Å².